The molecule has 0 saturated carbocycles. The van der Waals surface area contributed by atoms with Crippen LogP contribution in [0.1, 0.15) is 32.6 Å². The standard InChI is InChI=1S/C23H21N3O2S2/c1-2-3-4-5-12-25-20-19(21-17(10-13-29-21)18-11-14-30-22(18)20)24-23(25)15-6-8-16(9-7-15)26(27)28/h6-11,13-14H,2-5,12H2,1H3. The Morgan fingerprint density at radius 1 is 0.967 bits per heavy atom. The Labute approximate surface area is 181 Å². The Morgan fingerprint density at radius 3 is 2.37 bits per heavy atom. The quantitative estimate of drug-likeness (QED) is 0.150. The summed E-state index contributed by atoms with van der Waals surface area (Å²) >= 11 is 3.49. The van der Waals surface area contributed by atoms with E-state index in [9.17, 15) is 10.1 Å². The zero-order chi connectivity index (χ0) is 20.7. The van der Waals surface area contributed by atoms with Gasteiger partial charge in [-0.2, -0.15) is 0 Å². The Hall–Kier alpha value is -2.77. The third-order valence-electron chi connectivity index (χ3n) is 5.59. The van der Waals surface area contributed by atoms with Gasteiger partial charge in [0.05, 0.1) is 19.8 Å². The molecule has 0 aliphatic rings. The highest BCUT2D eigenvalue weighted by atomic mass is 32.1. The minimum Gasteiger partial charge on any atom is -0.323 e. The highest BCUT2D eigenvalue weighted by molar-refractivity contribution is 7.20. The average molecular weight is 436 g/mol. The van der Waals surface area contributed by atoms with E-state index in [1.54, 1.807) is 34.8 Å². The number of nitrogens with zero attached hydrogens (tertiary/aromatic N) is 3. The fourth-order valence-electron chi connectivity index (χ4n) is 4.12. The number of rotatable bonds is 7. The van der Waals surface area contributed by atoms with E-state index in [1.807, 2.05) is 12.1 Å². The minimum atomic E-state index is -0.359. The van der Waals surface area contributed by atoms with Crippen LogP contribution in [-0.2, 0) is 6.54 Å². The number of imidazole rings is 1. The largest absolute Gasteiger partial charge is 0.323 e. The van der Waals surface area contributed by atoms with Crippen LogP contribution in [0.3, 0.4) is 0 Å². The van der Waals surface area contributed by atoms with Crippen LogP contribution in [0.15, 0.2) is 47.2 Å². The Kier molecular flexibility index (Phi) is 5.00. The minimum absolute atomic E-state index is 0.102. The topological polar surface area (TPSA) is 61.0 Å². The number of nitro benzene ring substituents is 1. The number of unbranched alkanes of at least 4 members (excludes halogenated alkanes) is 3. The summed E-state index contributed by atoms with van der Waals surface area (Å²) in [4.78, 5) is 15.8. The Morgan fingerprint density at radius 2 is 1.67 bits per heavy atom. The molecule has 7 heteroatoms. The van der Waals surface area contributed by atoms with Crippen LogP contribution in [0, 0.1) is 10.1 Å². The van der Waals surface area contributed by atoms with E-state index in [1.165, 1.54) is 45.0 Å². The van der Waals surface area contributed by atoms with Crippen molar-refractivity contribution in [2.24, 2.45) is 0 Å². The predicted molar refractivity (Wildman–Crippen MR) is 127 cm³/mol. The molecule has 0 aliphatic heterocycles. The van der Waals surface area contributed by atoms with Crippen molar-refractivity contribution < 1.29 is 4.92 Å². The summed E-state index contributed by atoms with van der Waals surface area (Å²) in [6.45, 7) is 3.12. The van der Waals surface area contributed by atoms with Crippen LogP contribution in [-0.4, -0.2) is 14.5 Å². The fraction of sp³-hybridized carbons (Fsp3) is 0.261. The molecule has 0 radical (unpaired) electrons. The highest BCUT2D eigenvalue weighted by Gasteiger charge is 2.20. The van der Waals surface area contributed by atoms with Gasteiger partial charge in [-0.3, -0.25) is 10.1 Å². The van der Waals surface area contributed by atoms with Crippen molar-refractivity contribution in [3.63, 3.8) is 0 Å². The van der Waals surface area contributed by atoms with E-state index in [4.69, 9.17) is 4.98 Å². The molecule has 5 nitrogen and oxygen atoms in total. The van der Waals surface area contributed by atoms with Gasteiger partial charge in [0.15, 0.2) is 0 Å². The lowest BCUT2D eigenvalue weighted by Gasteiger charge is -2.10. The molecule has 0 N–H and O–H groups in total. The van der Waals surface area contributed by atoms with Crippen molar-refractivity contribution in [3.8, 4) is 11.4 Å². The van der Waals surface area contributed by atoms with Gasteiger partial charge in [0.2, 0.25) is 0 Å². The molecule has 152 valence electrons. The molecule has 0 spiro atoms. The normalized spacial score (nSPS) is 11.8. The highest BCUT2D eigenvalue weighted by Crippen LogP contribution is 2.42. The van der Waals surface area contributed by atoms with Crippen molar-refractivity contribution in [2.45, 2.75) is 39.2 Å². The molecule has 5 aromatic rings. The summed E-state index contributed by atoms with van der Waals surface area (Å²) in [7, 11) is 0. The van der Waals surface area contributed by atoms with E-state index in [0.29, 0.717) is 0 Å². The first-order valence-electron chi connectivity index (χ1n) is 10.2. The van der Waals surface area contributed by atoms with Gasteiger partial charge in [-0.05, 0) is 41.4 Å². The number of aromatic nitrogens is 2. The van der Waals surface area contributed by atoms with Crippen LogP contribution in [0.5, 0.6) is 0 Å². The second kappa shape index (κ2) is 7.81. The van der Waals surface area contributed by atoms with E-state index in [0.717, 1.165) is 29.9 Å². The summed E-state index contributed by atoms with van der Waals surface area (Å²) < 4.78 is 4.82. The third kappa shape index (κ3) is 3.09. The molecule has 30 heavy (non-hydrogen) atoms. The number of non-ortho nitro benzene ring substituents is 1. The molecule has 0 saturated heterocycles. The average Bonchev–Trinajstić information content (AvgIpc) is 3.48. The van der Waals surface area contributed by atoms with Gasteiger partial charge in [-0.15, -0.1) is 22.7 Å². The van der Waals surface area contributed by atoms with E-state index in [-0.39, 0.29) is 10.6 Å². The molecule has 2 aromatic carbocycles. The zero-order valence-corrected chi connectivity index (χ0v) is 18.3. The van der Waals surface area contributed by atoms with Gasteiger partial charge in [-0.25, -0.2) is 4.98 Å². The number of fused-ring (bicyclic) bond motifs is 6. The Bertz CT molecular complexity index is 1360. The fourth-order valence-corrected chi connectivity index (χ4v) is 5.98. The van der Waals surface area contributed by atoms with E-state index < -0.39 is 0 Å². The van der Waals surface area contributed by atoms with Crippen molar-refractivity contribution >= 4 is 59.6 Å². The van der Waals surface area contributed by atoms with Gasteiger partial charge in [0.25, 0.3) is 5.69 Å². The number of hydrogen-bond donors (Lipinski definition) is 0. The van der Waals surface area contributed by atoms with Crippen LogP contribution in [0.4, 0.5) is 5.69 Å². The molecule has 0 atom stereocenters. The molecular weight excluding hydrogens is 414 g/mol. The van der Waals surface area contributed by atoms with Crippen molar-refractivity contribution in [3.05, 3.63) is 57.3 Å². The van der Waals surface area contributed by atoms with Crippen molar-refractivity contribution in [2.75, 3.05) is 0 Å². The van der Waals surface area contributed by atoms with Crippen LogP contribution < -0.4 is 0 Å². The van der Waals surface area contributed by atoms with Gasteiger partial charge in [0, 0.05) is 35.0 Å². The van der Waals surface area contributed by atoms with Crippen LogP contribution in [0.2, 0.25) is 0 Å². The lowest BCUT2D eigenvalue weighted by molar-refractivity contribution is -0.384. The molecule has 0 unspecified atom stereocenters. The number of hydrogen-bond acceptors (Lipinski definition) is 5. The number of thiophene rings is 2. The second-order valence-corrected chi connectivity index (χ2v) is 9.31. The lowest BCUT2D eigenvalue weighted by atomic mass is 10.1. The van der Waals surface area contributed by atoms with Crippen LogP contribution >= 0.6 is 22.7 Å². The van der Waals surface area contributed by atoms with Crippen molar-refractivity contribution in [1.82, 2.24) is 9.55 Å². The molecule has 0 bridgehead atoms. The molecular formula is C23H21N3O2S2. The lowest BCUT2D eigenvalue weighted by Crippen LogP contribution is -2.01. The number of aryl methyl sites for hydroxylation is 1. The summed E-state index contributed by atoms with van der Waals surface area (Å²) in [5, 5.41) is 17.9. The monoisotopic (exact) mass is 435 g/mol. The first kappa shape index (κ1) is 19.2. The maximum Gasteiger partial charge on any atom is 0.269 e. The molecule has 3 aromatic heterocycles. The molecule has 0 amide bonds. The molecule has 0 fully saturated rings. The van der Waals surface area contributed by atoms with Gasteiger partial charge in [0.1, 0.15) is 11.3 Å². The summed E-state index contributed by atoms with van der Waals surface area (Å²) in [5.41, 5.74) is 3.26. The Balaban J connectivity index is 1.75. The first-order valence-corrected chi connectivity index (χ1v) is 12.0. The third-order valence-corrected chi connectivity index (χ3v) is 7.43. The van der Waals surface area contributed by atoms with Crippen LogP contribution in [0.25, 0.3) is 42.6 Å². The molecule has 3 heterocycles. The first-order chi connectivity index (χ1) is 14.7. The van der Waals surface area contributed by atoms with E-state index >= 15 is 0 Å². The maximum absolute atomic E-state index is 11.1. The molecule has 5 rings (SSSR count). The zero-order valence-electron chi connectivity index (χ0n) is 16.6. The predicted octanol–water partition coefficient (Wildman–Crippen LogP) is 7.62. The summed E-state index contributed by atoms with van der Waals surface area (Å²) in [6, 6.07) is 11.2. The molecule has 0 aliphatic carbocycles. The van der Waals surface area contributed by atoms with Gasteiger partial charge < -0.3 is 4.57 Å². The second-order valence-electron chi connectivity index (χ2n) is 7.48. The van der Waals surface area contributed by atoms with Gasteiger partial charge in [-0.1, -0.05) is 26.2 Å². The smallest absolute Gasteiger partial charge is 0.269 e. The summed E-state index contributed by atoms with van der Waals surface area (Å²) in [6.07, 6.45) is 4.70. The van der Waals surface area contributed by atoms with E-state index in [2.05, 4.69) is 34.4 Å². The summed E-state index contributed by atoms with van der Waals surface area (Å²) in [5.74, 6) is 0.895. The number of benzene rings is 2. The maximum atomic E-state index is 11.1. The van der Waals surface area contributed by atoms with Crippen molar-refractivity contribution in [1.29, 1.82) is 0 Å². The number of nitro groups is 1. The SMILES string of the molecule is CCCCCCn1c(-c2ccc([N+](=O)[O-])cc2)nc2c3sccc3c3ccsc3c21. The van der Waals surface area contributed by atoms with Gasteiger partial charge >= 0.3 is 0 Å².